The van der Waals surface area contributed by atoms with Gasteiger partial charge >= 0.3 is 0 Å². The van der Waals surface area contributed by atoms with Crippen molar-refractivity contribution < 1.29 is 9.18 Å². The first kappa shape index (κ1) is 17.9. The Morgan fingerprint density at radius 2 is 1.85 bits per heavy atom. The Bertz CT molecular complexity index is 829. The molecule has 1 heterocycles. The molecule has 2 aromatic rings. The maximum absolute atomic E-state index is 14.4. The van der Waals surface area contributed by atoms with Gasteiger partial charge in [-0.3, -0.25) is 4.79 Å². The zero-order chi connectivity index (χ0) is 18.8. The molecule has 1 amide bonds. The smallest absolute Gasteiger partial charge is 0.223 e. The highest BCUT2D eigenvalue weighted by Gasteiger charge is 2.25. The van der Waals surface area contributed by atoms with E-state index in [9.17, 15) is 9.18 Å². The highest BCUT2D eigenvalue weighted by Crippen LogP contribution is 2.41. The largest absolute Gasteiger partial charge is 0.354 e. The molecular weight excluding hydrogens is 343 g/mol. The molecule has 142 valence electrons. The monoisotopic (exact) mass is 368 g/mol. The lowest BCUT2D eigenvalue weighted by Gasteiger charge is -2.29. The molecule has 0 atom stereocenters. The second-order valence-corrected chi connectivity index (χ2v) is 7.68. The maximum Gasteiger partial charge on any atom is 0.223 e. The molecular formula is C21H25FN4O. The van der Waals surface area contributed by atoms with Gasteiger partial charge < -0.3 is 10.6 Å². The highest BCUT2D eigenvalue weighted by molar-refractivity contribution is 5.73. The van der Waals surface area contributed by atoms with E-state index in [1.807, 2.05) is 18.2 Å². The van der Waals surface area contributed by atoms with Gasteiger partial charge in [-0.2, -0.15) is 0 Å². The van der Waals surface area contributed by atoms with Gasteiger partial charge in [-0.15, -0.1) is 0 Å². The van der Waals surface area contributed by atoms with Gasteiger partial charge in [0.15, 0.2) is 5.82 Å². The SMILES string of the molecule is CC(=O)N[C@H]1CC[C@H](Nc2ncc(F)c(-c3cccc(C4CC4)c3)n2)CC1. The van der Waals surface area contributed by atoms with Crippen molar-refractivity contribution in [1.29, 1.82) is 0 Å². The van der Waals surface area contributed by atoms with E-state index in [0.29, 0.717) is 17.6 Å². The Kier molecular flexibility index (Phi) is 5.05. The summed E-state index contributed by atoms with van der Waals surface area (Å²) in [5.74, 6) is 0.701. The minimum absolute atomic E-state index is 0.0198. The number of nitrogens with zero attached hydrogens (tertiary/aromatic N) is 2. The maximum atomic E-state index is 14.4. The van der Waals surface area contributed by atoms with E-state index < -0.39 is 5.82 Å². The number of carbonyl (C=O) groups is 1. The predicted octanol–water partition coefficient (Wildman–Crippen LogP) is 4.02. The molecule has 0 spiro atoms. The lowest BCUT2D eigenvalue weighted by molar-refractivity contribution is -0.119. The van der Waals surface area contributed by atoms with Crippen molar-refractivity contribution in [3.63, 3.8) is 0 Å². The first-order valence-corrected chi connectivity index (χ1v) is 9.75. The molecule has 0 radical (unpaired) electrons. The van der Waals surface area contributed by atoms with Crippen molar-refractivity contribution >= 4 is 11.9 Å². The second-order valence-electron chi connectivity index (χ2n) is 7.68. The van der Waals surface area contributed by atoms with Gasteiger partial charge in [-0.05, 0) is 56.1 Å². The number of carbonyl (C=O) groups excluding carboxylic acids is 1. The number of nitrogens with one attached hydrogen (secondary N) is 2. The van der Waals surface area contributed by atoms with Gasteiger partial charge in [0.05, 0.1) is 6.20 Å². The summed E-state index contributed by atoms with van der Waals surface area (Å²) in [7, 11) is 0. The van der Waals surface area contributed by atoms with E-state index in [-0.39, 0.29) is 18.0 Å². The van der Waals surface area contributed by atoms with Gasteiger partial charge in [0.2, 0.25) is 11.9 Å². The van der Waals surface area contributed by atoms with Gasteiger partial charge in [0.1, 0.15) is 5.69 Å². The van der Waals surface area contributed by atoms with Crippen LogP contribution >= 0.6 is 0 Å². The predicted molar refractivity (Wildman–Crippen MR) is 103 cm³/mol. The normalized spacial score (nSPS) is 22.3. The third kappa shape index (κ3) is 4.43. The van der Waals surface area contributed by atoms with Crippen LogP contribution in [0.5, 0.6) is 0 Å². The van der Waals surface area contributed by atoms with Crippen LogP contribution < -0.4 is 10.6 Å². The number of halogens is 1. The Hall–Kier alpha value is -2.50. The average molecular weight is 368 g/mol. The molecule has 2 N–H and O–H groups in total. The van der Waals surface area contributed by atoms with Crippen LogP contribution in [0.3, 0.4) is 0 Å². The number of amides is 1. The van der Waals surface area contributed by atoms with Gasteiger partial charge in [-0.1, -0.05) is 18.2 Å². The van der Waals surface area contributed by atoms with E-state index in [1.165, 1.54) is 24.6 Å². The summed E-state index contributed by atoms with van der Waals surface area (Å²) in [4.78, 5) is 19.8. The van der Waals surface area contributed by atoms with Crippen LogP contribution in [0.2, 0.25) is 0 Å². The van der Waals surface area contributed by atoms with Crippen molar-refractivity contribution in [1.82, 2.24) is 15.3 Å². The number of rotatable bonds is 5. The standard InChI is InChI=1S/C21H25FN4O/c1-13(27)24-17-7-9-18(10-8-17)25-21-23-12-19(22)20(26-21)16-4-2-3-15(11-16)14-5-6-14/h2-4,11-12,14,17-18H,5-10H2,1H3,(H,24,27)(H,23,25,26)/t17-,18-. The van der Waals surface area contributed by atoms with E-state index in [4.69, 9.17) is 0 Å². The lowest BCUT2D eigenvalue weighted by atomic mass is 9.91. The van der Waals surface area contributed by atoms with Crippen LogP contribution in [-0.4, -0.2) is 28.0 Å². The molecule has 2 saturated carbocycles. The van der Waals surface area contributed by atoms with Crippen molar-refractivity contribution in [2.24, 2.45) is 0 Å². The van der Waals surface area contributed by atoms with E-state index in [1.54, 1.807) is 6.92 Å². The molecule has 1 aromatic heterocycles. The van der Waals surface area contributed by atoms with Crippen LogP contribution in [0, 0.1) is 5.82 Å². The van der Waals surface area contributed by atoms with Crippen LogP contribution in [0.4, 0.5) is 10.3 Å². The molecule has 4 rings (SSSR count). The molecule has 27 heavy (non-hydrogen) atoms. The fraction of sp³-hybridized carbons (Fsp3) is 0.476. The lowest BCUT2D eigenvalue weighted by Crippen LogP contribution is -2.39. The van der Waals surface area contributed by atoms with Crippen molar-refractivity contribution in [2.45, 2.75) is 63.5 Å². The number of anilines is 1. The molecule has 6 heteroatoms. The third-order valence-corrected chi connectivity index (χ3v) is 5.42. The summed E-state index contributed by atoms with van der Waals surface area (Å²) in [5, 5.41) is 6.32. The Morgan fingerprint density at radius 1 is 1.11 bits per heavy atom. The Balaban J connectivity index is 1.45. The quantitative estimate of drug-likeness (QED) is 0.836. The number of aromatic nitrogens is 2. The van der Waals surface area contributed by atoms with Crippen LogP contribution in [-0.2, 0) is 4.79 Å². The van der Waals surface area contributed by atoms with E-state index in [2.05, 4.69) is 26.7 Å². The van der Waals surface area contributed by atoms with Gasteiger partial charge in [0.25, 0.3) is 0 Å². The Morgan fingerprint density at radius 3 is 2.56 bits per heavy atom. The number of hydrogen-bond donors (Lipinski definition) is 2. The summed E-state index contributed by atoms with van der Waals surface area (Å²) in [6.45, 7) is 1.55. The van der Waals surface area contributed by atoms with E-state index >= 15 is 0 Å². The molecule has 0 saturated heterocycles. The first-order valence-electron chi connectivity index (χ1n) is 9.75. The number of hydrogen-bond acceptors (Lipinski definition) is 4. The molecule has 2 aliphatic carbocycles. The van der Waals surface area contributed by atoms with Crippen LogP contribution in [0.25, 0.3) is 11.3 Å². The fourth-order valence-corrected chi connectivity index (χ4v) is 3.85. The summed E-state index contributed by atoms with van der Waals surface area (Å²) in [6, 6.07) is 8.51. The minimum Gasteiger partial charge on any atom is -0.354 e. The van der Waals surface area contributed by atoms with Gasteiger partial charge in [-0.25, -0.2) is 14.4 Å². The fourth-order valence-electron chi connectivity index (χ4n) is 3.85. The summed E-state index contributed by atoms with van der Waals surface area (Å²) in [6.07, 6.45) is 7.38. The van der Waals surface area contributed by atoms with Gasteiger partial charge in [0, 0.05) is 24.6 Å². The van der Waals surface area contributed by atoms with Crippen LogP contribution in [0.1, 0.15) is 56.9 Å². The molecule has 0 bridgehead atoms. The zero-order valence-corrected chi connectivity index (χ0v) is 15.5. The zero-order valence-electron chi connectivity index (χ0n) is 15.5. The molecule has 5 nitrogen and oxygen atoms in total. The van der Waals surface area contributed by atoms with Crippen molar-refractivity contribution in [2.75, 3.05) is 5.32 Å². The molecule has 1 aromatic carbocycles. The number of benzene rings is 1. The van der Waals surface area contributed by atoms with Crippen LogP contribution in [0.15, 0.2) is 30.5 Å². The highest BCUT2D eigenvalue weighted by atomic mass is 19.1. The molecule has 0 aliphatic heterocycles. The summed E-state index contributed by atoms with van der Waals surface area (Å²) < 4.78 is 14.4. The first-order chi connectivity index (χ1) is 13.1. The van der Waals surface area contributed by atoms with Crippen molar-refractivity contribution in [3.05, 3.63) is 41.8 Å². The van der Waals surface area contributed by atoms with Crippen molar-refractivity contribution in [3.8, 4) is 11.3 Å². The summed E-state index contributed by atoms with van der Waals surface area (Å²) >= 11 is 0. The molecule has 2 fully saturated rings. The van der Waals surface area contributed by atoms with E-state index in [0.717, 1.165) is 31.2 Å². The topological polar surface area (TPSA) is 66.9 Å². The Labute approximate surface area is 158 Å². The third-order valence-electron chi connectivity index (χ3n) is 5.42. The second kappa shape index (κ2) is 7.62. The minimum atomic E-state index is -0.400. The average Bonchev–Trinajstić information content (AvgIpc) is 3.50. The molecule has 0 unspecified atom stereocenters. The summed E-state index contributed by atoms with van der Waals surface area (Å²) in [5.41, 5.74) is 2.41. The molecule has 2 aliphatic rings.